The van der Waals surface area contributed by atoms with Gasteiger partial charge in [0.05, 0.1) is 19.8 Å². The molecule has 0 heterocycles. The first-order valence-electron chi connectivity index (χ1n) is 29.5. The monoisotopic (exact) mass is 1040 g/mol. The van der Waals surface area contributed by atoms with E-state index in [-0.39, 0.29) is 25.9 Å². The summed E-state index contributed by atoms with van der Waals surface area (Å²) in [5, 5.41) is 9.79. The Bertz CT molecular complexity index is 1400. The van der Waals surface area contributed by atoms with E-state index in [4.69, 9.17) is 23.3 Å². The SMILES string of the molecule is CCCC/C=C\CCCCCCCC(=O)OC(CO)COP(=O)(O)OCC(COC(=O)CCCCCCCCCCC/C=C\CCCCCCCC)OC(=O)CCCCCCC/C=C\C/C=C\CCCCC. The zero-order chi connectivity index (χ0) is 52.7. The van der Waals surface area contributed by atoms with Gasteiger partial charge >= 0.3 is 25.7 Å². The molecule has 0 aromatic rings. The van der Waals surface area contributed by atoms with Crippen LogP contribution in [0, 0.1) is 0 Å². The summed E-state index contributed by atoms with van der Waals surface area (Å²) >= 11 is 0. The van der Waals surface area contributed by atoms with E-state index in [2.05, 4.69) is 69.4 Å². The molecule has 0 aliphatic rings. The molecule has 0 radical (unpaired) electrons. The summed E-state index contributed by atoms with van der Waals surface area (Å²) in [6.07, 6.45) is 57.8. The van der Waals surface area contributed by atoms with Gasteiger partial charge in [-0.15, -0.1) is 0 Å². The molecular weight excluding hydrogens is 928 g/mol. The van der Waals surface area contributed by atoms with Crippen molar-refractivity contribution < 1.29 is 52.2 Å². The van der Waals surface area contributed by atoms with E-state index in [9.17, 15) is 28.9 Å². The molecule has 0 amide bonds. The van der Waals surface area contributed by atoms with Crippen LogP contribution in [0.5, 0.6) is 0 Å². The number of carbonyl (C=O) groups is 3. The molecule has 72 heavy (non-hydrogen) atoms. The number of hydrogen-bond donors (Lipinski definition) is 2. The Labute approximate surface area is 441 Å². The standard InChI is InChI=1S/C60H109O11P/c1-4-7-10-13-16-19-22-24-26-27-28-29-31-32-35-37-40-43-46-49-58(62)67-53-57(71-60(64)51-48-45-42-39-36-33-30-25-23-20-17-14-11-8-5-2)55-69-72(65,66)68-54-56(52-61)70-59(63)50-47-44-41-38-34-21-18-15-12-9-6-3/h15,17-18,20,24-26,30,56-57,61H,4-14,16,19,21-23,27-29,31-55H2,1-3H3,(H,65,66)/b18-15-,20-17-,26-24-,30-25-. The lowest BCUT2D eigenvalue weighted by atomic mass is 10.1. The van der Waals surface area contributed by atoms with Gasteiger partial charge < -0.3 is 24.2 Å². The van der Waals surface area contributed by atoms with Crippen molar-refractivity contribution in [2.75, 3.05) is 26.4 Å². The predicted octanol–water partition coefficient (Wildman–Crippen LogP) is 17.4. The smallest absolute Gasteiger partial charge is 0.462 e. The van der Waals surface area contributed by atoms with Crippen LogP contribution in [0.4, 0.5) is 0 Å². The number of aliphatic hydroxyl groups excluding tert-OH is 1. The highest BCUT2D eigenvalue weighted by Crippen LogP contribution is 2.43. The number of esters is 3. The second-order valence-electron chi connectivity index (χ2n) is 19.8. The van der Waals surface area contributed by atoms with E-state index in [1.54, 1.807) is 0 Å². The lowest BCUT2D eigenvalue weighted by Gasteiger charge is -2.21. The fourth-order valence-electron chi connectivity index (χ4n) is 8.13. The van der Waals surface area contributed by atoms with E-state index in [1.165, 1.54) is 116 Å². The second kappa shape index (κ2) is 54.7. The molecule has 0 rings (SSSR count). The number of allylic oxidation sites excluding steroid dienone is 8. The van der Waals surface area contributed by atoms with Crippen LogP contribution in [0.25, 0.3) is 0 Å². The normalized spacial score (nSPS) is 13.7. The van der Waals surface area contributed by atoms with Crippen molar-refractivity contribution in [3.63, 3.8) is 0 Å². The first-order valence-corrected chi connectivity index (χ1v) is 31.0. The number of rotatable bonds is 55. The minimum absolute atomic E-state index is 0.152. The minimum atomic E-state index is -4.75. The fraction of sp³-hybridized carbons (Fsp3) is 0.817. The molecule has 0 aromatic heterocycles. The molecule has 3 atom stereocenters. The molecule has 0 spiro atoms. The number of carbonyl (C=O) groups excluding carboxylic acids is 3. The second-order valence-corrected chi connectivity index (χ2v) is 21.3. The van der Waals surface area contributed by atoms with Gasteiger partial charge in [-0.3, -0.25) is 23.4 Å². The van der Waals surface area contributed by atoms with Gasteiger partial charge in [0.25, 0.3) is 0 Å². The molecule has 0 saturated heterocycles. The van der Waals surface area contributed by atoms with Crippen molar-refractivity contribution in [3.8, 4) is 0 Å². The zero-order valence-electron chi connectivity index (χ0n) is 46.4. The van der Waals surface area contributed by atoms with Gasteiger partial charge in [0.2, 0.25) is 0 Å². The first kappa shape index (κ1) is 69.4. The summed E-state index contributed by atoms with van der Waals surface area (Å²) in [7, 11) is -4.75. The predicted molar refractivity (Wildman–Crippen MR) is 298 cm³/mol. The Morgan fingerprint density at radius 1 is 0.389 bits per heavy atom. The molecule has 2 N–H and O–H groups in total. The van der Waals surface area contributed by atoms with Crippen LogP contribution in [0.1, 0.15) is 278 Å². The van der Waals surface area contributed by atoms with Crippen LogP contribution in [0.15, 0.2) is 48.6 Å². The maximum Gasteiger partial charge on any atom is 0.472 e. The van der Waals surface area contributed by atoms with Gasteiger partial charge in [-0.2, -0.15) is 0 Å². The highest BCUT2D eigenvalue weighted by molar-refractivity contribution is 7.47. The summed E-state index contributed by atoms with van der Waals surface area (Å²) < 4.78 is 39.5. The van der Waals surface area contributed by atoms with E-state index < -0.39 is 57.8 Å². The molecule has 12 heteroatoms. The van der Waals surface area contributed by atoms with E-state index in [1.807, 2.05) is 0 Å². The fourth-order valence-corrected chi connectivity index (χ4v) is 8.91. The Morgan fingerprint density at radius 3 is 1.11 bits per heavy atom. The van der Waals surface area contributed by atoms with Crippen molar-refractivity contribution in [3.05, 3.63) is 48.6 Å². The summed E-state index contributed by atoms with van der Waals surface area (Å²) in [4.78, 5) is 48.5. The van der Waals surface area contributed by atoms with Crippen molar-refractivity contribution in [2.24, 2.45) is 0 Å². The summed E-state index contributed by atoms with van der Waals surface area (Å²) in [6, 6.07) is 0. The Balaban J connectivity index is 4.71. The largest absolute Gasteiger partial charge is 0.472 e. The van der Waals surface area contributed by atoms with Crippen LogP contribution in [0.3, 0.4) is 0 Å². The Hall–Kier alpha value is -2.56. The van der Waals surface area contributed by atoms with E-state index >= 15 is 0 Å². The van der Waals surface area contributed by atoms with Gasteiger partial charge in [-0.25, -0.2) is 4.57 Å². The van der Waals surface area contributed by atoms with Crippen LogP contribution in [-0.4, -0.2) is 66.5 Å². The summed E-state index contributed by atoms with van der Waals surface area (Å²) in [6.45, 7) is 4.57. The van der Waals surface area contributed by atoms with Crippen LogP contribution >= 0.6 is 7.82 Å². The third-order valence-electron chi connectivity index (χ3n) is 12.7. The number of aliphatic hydroxyl groups is 1. The van der Waals surface area contributed by atoms with Crippen LogP contribution in [-0.2, 0) is 42.2 Å². The number of ether oxygens (including phenoxy) is 3. The highest BCUT2D eigenvalue weighted by Gasteiger charge is 2.28. The van der Waals surface area contributed by atoms with Gasteiger partial charge in [0, 0.05) is 19.3 Å². The highest BCUT2D eigenvalue weighted by atomic mass is 31.2. The van der Waals surface area contributed by atoms with Crippen molar-refractivity contribution in [1.29, 1.82) is 0 Å². The van der Waals surface area contributed by atoms with E-state index in [0.717, 1.165) is 103 Å². The molecule has 0 aliphatic heterocycles. The lowest BCUT2D eigenvalue weighted by Crippen LogP contribution is -2.30. The molecule has 420 valence electrons. The third kappa shape index (κ3) is 52.3. The van der Waals surface area contributed by atoms with Crippen molar-refractivity contribution in [2.45, 2.75) is 290 Å². The van der Waals surface area contributed by atoms with Gasteiger partial charge in [0.1, 0.15) is 12.7 Å². The zero-order valence-corrected chi connectivity index (χ0v) is 47.3. The topological polar surface area (TPSA) is 155 Å². The first-order chi connectivity index (χ1) is 35.2. The van der Waals surface area contributed by atoms with Crippen LogP contribution < -0.4 is 0 Å². The number of hydrogen-bond acceptors (Lipinski definition) is 10. The average molecular weight is 1040 g/mol. The number of phosphoric ester groups is 1. The quantitative estimate of drug-likeness (QED) is 0.0197. The van der Waals surface area contributed by atoms with Gasteiger partial charge in [-0.1, -0.05) is 211 Å². The third-order valence-corrected chi connectivity index (χ3v) is 13.6. The molecule has 0 bridgehead atoms. The average Bonchev–Trinajstić information content (AvgIpc) is 3.37. The van der Waals surface area contributed by atoms with Gasteiger partial charge in [0.15, 0.2) is 6.10 Å². The Kier molecular flexibility index (Phi) is 52.7. The van der Waals surface area contributed by atoms with Crippen molar-refractivity contribution in [1.82, 2.24) is 0 Å². The molecule has 0 aromatic carbocycles. The lowest BCUT2D eigenvalue weighted by molar-refractivity contribution is -0.161. The number of unbranched alkanes of at least 4 members (excludes halogenated alkanes) is 30. The molecule has 0 fully saturated rings. The number of phosphoric acid groups is 1. The minimum Gasteiger partial charge on any atom is -0.462 e. The molecule has 3 unspecified atom stereocenters. The van der Waals surface area contributed by atoms with Crippen LogP contribution in [0.2, 0.25) is 0 Å². The maximum absolute atomic E-state index is 12.9. The maximum atomic E-state index is 12.9. The molecular formula is C60H109O11P. The van der Waals surface area contributed by atoms with Gasteiger partial charge in [-0.05, 0) is 96.3 Å². The molecule has 0 saturated carbocycles. The summed E-state index contributed by atoms with van der Waals surface area (Å²) in [5.74, 6) is -1.48. The Morgan fingerprint density at radius 2 is 0.694 bits per heavy atom. The van der Waals surface area contributed by atoms with Crippen molar-refractivity contribution >= 4 is 25.7 Å². The molecule has 11 nitrogen and oxygen atoms in total. The summed E-state index contributed by atoms with van der Waals surface area (Å²) in [5.41, 5.74) is 0. The molecule has 0 aliphatic carbocycles. The van der Waals surface area contributed by atoms with E-state index in [0.29, 0.717) is 19.3 Å².